The van der Waals surface area contributed by atoms with E-state index >= 15 is 0 Å². The van der Waals surface area contributed by atoms with Gasteiger partial charge < -0.3 is 0 Å². The van der Waals surface area contributed by atoms with E-state index in [0.717, 1.165) is 25.2 Å². The quantitative estimate of drug-likeness (QED) is 0.787. The SMILES string of the molecule is CC(C)(C)CCn1cnc(CC(C)(C)C)n1. The molecule has 0 aromatic carbocycles. The van der Waals surface area contributed by atoms with Crippen LogP contribution in [0.4, 0.5) is 0 Å². The lowest BCUT2D eigenvalue weighted by Crippen LogP contribution is -2.13. The van der Waals surface area contributed by atoms with Crippen LogP contribution in [-0.4, -0.2) is 14.8 Å². The molecule has 0 unspecified atom stereocenters. The molecule has 0 fully saturated rings. The molecule has 0 atom stereocenters. The maximum absolute atomic E-state index is 4.50. The van der Waals surface area contributed by atoms with Crippen molar-refractivity contribution >= 4 is 0 Å². The summed E-state index contributed by atoms with van der Waals surface area (Å²) in [5.41, 5.74) is 0.617. The fourth-order valence-corrected chi connectivity index (χ4v) is 1.45. The molecule has 3 heteroatoms. The first-order valence-electron chi connectivity index (χ1n) is 6.04. The highest BCUT2D eigenvalue weighted by atomic mass is 15.3. The Bertz CT molecular complexity index is 326. The summed E-state index contributed by atoms with van der Waals surface area (Å²) in [6.07, 6.45) is 3.92. The van der Waals surface area contributed by atoms with E-state index in [4.69, 9.17) is 0 Å². The topological polar surface area (TPSA) is 30.7 Å². The van der Waals surface area contributed by atoms with E-state index in [0.29, 0.717) is 5.41 Å². The molecule has 1 aromatic heterocycles. The number of rotatable bonds is 3. The zero-order valence-corrected chi connectivity index (χ0v) is 11.5. The molecule has 1 heterocycles. The second kappa shape index (κ2) is 4.56. The fraction of sp³-hybridized carbons (Fsp3) is 0.846. The van der Waals surface area contributed by atoms with E-state index in [-0.39, 0.29) is 5.41 Å². The summed E-state index contributed by atoms with van der Waals surface area (Å²) in [6.45, 7) is 14.3. The summed E-state index contributed by atoms with van der Waals surface area (Å²) >= 11 is 0. The van der Waals surface area contributed by atoms with Gasteiger partial charge in [0.2, 0.25) is 0 Å². The van der Waals surface area contributed by atoms with Crippen LogP contribution in [-0.2, 0) is 13.0 Å². The molecule has 0 bridgehead atoms. The molecular weight excluding hydrogens is 198 g/mol. The van der Waals surface area contributed by atoms with Crippen molar-refractivity contribution in [3.8, 4) is 0 Å². The Kier molecular flexibility index (Phi) is 3.76. The molecule has 0 saturated carbocycles. The molecule has 0 spiro atoms. The molecular formula is C13H25N3. The van der Waals surface area contributed by atoms with E-state index in [2.05, 4.69) is 51.6 Å². The molecule has 3 nitrogen and oxygen atoms in total. The highest BCUT2D eigenvalue weighted by Gasteiger charge is 2.15. The Balaban J connectivity index is 2.52. The average Bonchev–Trinajstić information content (AvgIpc) is 2.44. The first-order valence-corrected chi connectivity index (χ1v) is 6.04. The molecule has 0 radical (unpaired) electrons. The predicted molar refractivity (Wildman–Crippen MR) is 67.3 cm³/mol. The van der Waals surface area contributed by atoms with Gasteiger partial charge in [-0.05, 0) is 17.3 Å². The van der Waals surface area contributed by atoms with Crippen molar-refractivity contribution in [1.29, 1.82) is 0 Å². The standard InChI is InChI=1S/C13H25N3/c1-12(2,3)7-8-16-10-14-11(15-16)9-13(4,5)6/h10H,7-9H2,1-6H3. The highest BCUT2D eigenvalue weighted by Crippen LogP contribution is 2.20. The van der Waals surface area contributed by atoms with E-state index in [1.807, 2.05) is 11.0 Å². The van der Waals surface area contributed by atoms with Crippen LogP contribution < -0.4 is 0 Å². The predicted octanol–water partition coefficient (Wildman–Crippen LogP) is 3.30. The monoisotopic (exact) mass is 223 g/mol. The van der Waals surface area contributed by atoms with E-state index in [9.17, 15) is 0 Å². The largest absolute Gasteiger partial charge is 0.253 e. The molecule has 0 amide bonds. The molecule has 1 rings (SSSR count). The molecule has 1 aromatic rings. The van der Waals surface area contributed by atoms with Crippen molar-refractivity contribution in [3.05, 3.63) is 12.2 Å². The van der Waals surface area contributed by atoms with Gasteiger partial charge in [-0.1, -0.05) is 41.5 Å². The van der Waals surface area contributed by atoms with Crippen LogP contribution >= 0.6 is 0 Å². The Morgan fingerprint density at radius 2 is 1.69 bits per heavy atom. The average molecular weight is 223 g/mol. The van der Waals surface area contributed by atoms with Crippen LogP contribution in [0.5, 0.6) is 0 Å². The van der Waals surface area contributed by atoms with Crippen LogP contribution in [0.25, 0.3) is 0 Å². The van der Waals surface area contributed by atoms with Gasteiger partial charge >= 0.3 is 0 Å². The normalized spacial score (nSPS) is 13.1. The first-order chi connectivity index (χ1) is 7.16. The Morgan fingerprint density at radius 3 is 2.19 bits per heavy atom. The van der Waals surface area contributed by atoms with Crippen molar-refractivity contribution in [3.63, 3.8) is 0 Å². The highest BCUT2D eigenvalue weighted by molar-refractivity contribution is 4.87. The summed E-state index contributed by atoms with van der Waals surface area (Å²) in [4.78, 5) is 4.35. The zero-order chi connectivity index (χ0) is 12.4. The zero-order valence-electron chi connectivity index (χ0n) is 11.5. The van der Waals surface area contributed by atoms with Gasteiger partial charge in [0.25, 0.3) is 0 Å². The van der Waals surface area contributed by atoms with E-state index < -0.39 is 0 Å². The van der Waals surface area contributed by atoms with Crippen molar-refractivity contribution in [2.45, 2.75) is 60.9 Å². The third-order valence-corrected chi connectivity index (χ3v) is 2.36. The van der Waals surface area contributed by atoms with Crippen LogP contribution in [0.2, 0.25) is 0 Å². The second-order valence-corrected chi connectivity index (χ2v) is 6.97. The minimum absolute atomic E-state index is 0.260. The smallest absolute Gasteiger partial charge is 0.151 e. The minimum Gasteiger partial charge on any atom is -0.253 e. The van der Waals surface area contributed by atoms with E-state index in [1.165, 1.54) is 0 Å². The third kappa shape index (κ3) is 5.29. The molecule has 92 valence electrons. The van der Waals surface area contributed by atoms with Gasteiger partial charge in [-0.3, -0.25) is 4.68 Å². The van der Waals surface area contributed by atoms with Gasteiger partial charge in [-0.25, -0.2) is 4.98 Å². The van der Waals surface area contributed by atoms with Gasteiger partial charge in [-0.2, -0.15) is 5.10 Å². The first kappa shape index (κ1) is 13.2. The van der Waals surface area contributed by atoms with Crippen LogP contribution in [0.1, 0.15) is 53.8 Å². The number of hydrogen-bond acceptors (Lipinski definition) is 2. The molecule has 16 heavy (non-hydrogen) atoms. The molecule has 0 N–H and O–H groups in total. The number of aromatic nitrogens is 3. The third-order valence-electron chi connectivity index (χ3n) is 2.36. The lowest BCUT2D eigenvalue weighted by Gasteiger charge is -2.17. The van der Waals surface area contributed by atoms with Crippen LogP contribution in [0.3, 0.4) is 0 Å². The van der Waals surface area contributed by atoms with Crippen molar-refractivity contribution in [2.24, 2.45) is 10.8 Å². The molecule has 0 aliphatic carbocycles. The summed E-state index contributed by atoms with van der Waals surface area (Å²) in [5, 5.41) is 4.50. The molecule has 0 aliphatic heterocycles. The maximum Gasteiger partial charge on any atom is 0.151 e. The van der Waals surface area contributed by atoms with Gasteiger partial charge in [0.15, 0.2) is 5.82 Å². The summed E-state index contributed by atoms with van der Waals surface area (Å²) in [7, 11) is 0. The fourth-order valence-electron chi connectivity index (χ4n) is 1.45. The number of nitrogens with zero attached hydrogens (tertiary/aromatic N) is 3. The van der Waals surface area contributed by atoms with Gasteiger partial charge in [0, 0.05) is 13.0 Å². The summed E-state index contributed by atoms with van der Waals surface area (Å²) in [5.74, 6) is 0.960. The van der Waals surface area contributed by atoms with Crippen LogP contribution in [0, 0.1) is 10.8 Å². The van der Waals surface area contributed by atoms with Crippen molar-refractivity contribution < 1.29 is 0 Å². The Hall–Kier alpha value is -0.860. The van der Waals surface area contributed by atoms with Gasteiger partial charge in [-0.15, -0.1) is 0 Å². The van der Waals surface area contributed by atoms with E-state index in [1.54, 1.807) is 0 Å². The summed E-state index contributed by atoms with van der Waals surface area (Å²) < 4.78 is 1.96. The minimum atomic E-state index is 0.260. The van der Waals surface area contributed by atoms with Gasteiger partial charge in [0.05, 0.1) is 0 Å². The summed E-state index contributed by atoms with van der Waals surface area (Å²) in [6, 6.07) is 0. The Morgan fingerprint density at radius 1 is 1.06 bits per heavy atom. The van der Waals surface area contributed by atoms with Crippen LogP contribution in [0.15, 0.2) is 6.33 Å². The lowest BCUT2D eigenvalue weighted by molar-refractivity contribution is 0.338. The van der Waals surface area contributed by atoms with Crippen molar-refractivity contribution in [1.82, 2.24) is 14.8 Å². The maximum atomic E-state index is 4.50. The molecule has 0 saturated heterocycles. The number of hydrogen-bond donors (Lipinski definition) is 0. The molecule has 0 aliphatic rings. The number of aryl methyl sites for hydroxylation is 1. The van der Waals surface area contributed by atoms with Crippen molar-refractivity contribution in [2.75, 3.05) is 0 Å². The second-order valence-electron chi connectivity index (χ2n) is 6.97. The lowest BCUT2D eigenvalue weighted by atomic mass is 9.92. The Labute approximate surface area is 99.3 Å². The van der Waals surface area contributed by atoms with Gasteiger partial charge in [0.1, 0.15) is 6.33 Å².